The summed E-state index contributed by atoms with van der Waals surface area (Å²) < 4.78 is 0.823. The molecule has 2 N–H and O–H groups in total. The molecule has 2 nitrogen and oxygen atoms in total. The van der Waals surface area contributed by atoms with Crippen molar-refractivity contribution in [2.75, 3.05) is 5.73 Å². The molecule has 0 unspecified atom stereocenters. The Labute approximate surface area is 106 Å². The number of halogens is 1. The number of carbonyl (C=O) groups is 1. The normalized spacial score (nSPS) is 10.4. The monoisotopic (exact) mass is 295 g/mol. The molecule has 1 aromatic carbocycles. The number of rotatable bonds is 2. The van der Waals surface area contributed by atoms with Crippen molar-refractivity contribution in [2.45, 2.75) is 6.92 Å². The number of para-hydroxylation sites is 1. The number of nitrogens with two attached hydrogens (primary N) is 1. The van der Waals surface area contributed by atoms with Gasteiger partial charge in [-0.05, 0) is 45.9 Å². The van der Waals surface area contributed by atoms with Crippen LogP contribution in [0.25, 0.3) is 0 Å². The Morgan fingerprint density at radius 2 is 2.12 bits per heavy atom. The molecule has 0 bridgehead atoms. The first-order valence-corrected chi connectivity index (χ1v) is 6.41. The van der Waals surface area contributed by atoms with E-state index in [1.807, 2.05) is 30.5 Å². The second-order valence-corrected chi connectivity index (χ2v) is 5.23. The maximum Gasteiger partial charge on any atom is 0.206 e. The molecule has 4 heteroatoms. The molecule has 16 heavy (non-hydrogen) atoms. The number of benzene rings is 1. The van der Waals surface area contributed by atoms with Crippen molar-refractivity contribution in [3.8, 4) is 0 Å². The number of aryl methyl sites for hydroxylation is 1. The minimum absolute atomic E-state index is 0.0249. The fraction of sp³-hybridized carbons (Fsp3) is 0.0833. The molecule has 0 fully saturated rings. The molecule has 1 aromatic heterocycles. The van der Waals surface area contributed by atoms with Gasteiger partial charge in [-0.3, -0.25) is 4.79 Å². The van der Waals surface area contributed by atoms with E-state index in [0.717, 1.165) is 10.0 Å². The van der Waals surface area contributed by atoms with E-state index in [4.69, 9.17) is 5.73 Å². The van der Waals surface area contributed by atoms with E-state index in [0.29, 0.717) is 16.1 Å². The van der Waals surface area contributed by atoms with Gasteiger partial charge in [0, 0.05) is 15.7 Å². The minimum atomic E-state index is -0.0249. The predicted octanol–water partition coefficient (Wildman–Crippen LogP) is 3.63. The molecular weight excluding hydrogens is 286 g/mol. The van der Waals surface area contributed by atoms with Crippen LogP contribution in [0.15, 0.2) is 34.1 Å². The van der Waals surface area contributed by atoms with Crippen molar-refractivity contribution in [2.24, 2.45) is 0 Å². The van der Waals surface area contributed by atoms with Crippen molar-refractivity contribution in [1.82, 2.24) is 0 Å². The van der Waals surface area contributed by atoms with Gasteiger partial charge >= 0.3 is 0 Å². The lowest BCUT2D eigenvalue weighted by atomic mass is 10.0. The van der Waals surface area contributed by atoms with E-state index in [9.17, 15) is 4.79 Å². The first-order valence-electron chi connectivity index (χ1n) is 4.74. The zero-order chi connectivity index (χ0) is 11.7. The largest absolute Gasteiger partial charge is 0.398 e. The average molecular weight is 296 g/mol. The van der Waals surface area contributed by atoms with Crippen molar-refractivity contribution in [3.63, 3.8) is 0 Å². The van der Waals surface area contributed by atoms with E-state index in [-0.39, 0.29) is 5.78 Å². The summed E-state index contributed by atoms with van der Waals surface area (Å²) in [4.78, 5) is 12.9. The van der Waals surface area contributed by atoms with Crippen molar-refractivity contribution < 1.29 is 4.79 Å². The van der Waals surface area contributed by atoms with Gasteiger partial charge in [-0.1, -0.05) is 12.1 Å². The molecule has 0 atom stereocenters. The average Bonchev–Trinajstić information content (AvgIpc) is 2.68. The standard InChI is InChI=1S/C12H10BrNOS/c1-7-3-2-4-8(10(7)14)11(15)12-9(13)5-6-16-12/h2-6H,14H2,1H3. The highest BCUT2D eigenvalue weighted by Gasteiger charge is 2.16. The van der Waals surface area contributed by atoms with Crippen LogP contribution in [-0.4, -0.2) is 5.78 Å². The zero-order valence-electron chi connectivity index (χ0n) is 8.66. The van der Waals surface area contributed by atoms with Crippen molar-refractivity contribution >= 4 is 38.7 Å². The highest BCUT2D eigenvalue weighted by molar-refractivity contribution is 9.10. The van der Waals surface area contributed by atoms with Gasteiger partial charge in [0.2, 0.25) is 5.78 Å². The third-order valence-corrected chi connectivity index (χ3v) is 4.23. The lowest BCUT2D eigenvalue weighted by Gasteiger charge is -2.06. The Morgan fingerprint density at radius 3 is 2.75 bits per heavy atom. The van der Waals surface area contributed by atoms with Crippen LogP contribution in [0.5, 0.6) is 0 Å². The summed E-state index contributed by atoms with van der Waals surface area (Å²) in [5.41, 5.74) is 7.97. The fourth-order valence-corrected chi connectivity index (χ4v) is 2.96. The Hall–Kier alpha value is -1.13. The molecule has 0 aliphatic heterocycles. The Bertz CT molecular complexity index is 548. The van der Waals surface area contributed by atoms with E-state index in [2.05, 4.69) is 15.9 Å². The van der Waals surface area contributed by atoms with E-state index >= 15 is 0 Å². The van der Waals surface area contributed by atoms with Crippen LogP contribution in [0, 0.1) is 6.92 Å². The second-order valence-electron chi connectivity index (χ2n) is 3.46. The first kappa shape index (κ1) is 11.4. The maximum absolute atomic E-state index is 12.2. The Morgan fingerprint density at radius 1 is 1.38 bits per heavy atom. The minimum Gasteiger partial charge on any atom is -0.398 e. The number of anilines is 1. The molecule has 2 rings (SSSR count). The molecule has 0 saturated heterocycles. The summed E-state index contributed by atoms with van der Waals surface area (Å²) in [5, 5.41) is 1.88. The maximum atomic E-state index is 12.2. The molecule has 0 radical (unpaired) electrons. The summed E-state index contributed by atoms with van der Waals surface area (Å²) in [7, 11) is 0. The van der Waals surface area contributed by atoms with E-state index in [1.165, 1.54) is 11.3 Å². The molecule has 0 aliphatic carbocycles. The van der Waals surface area contributed by atoms with Gasteiger partial charge in [-0.15, -0.1) is 11.3 Å². The smallest absolute Gasteiger partial charge is 0.206 e. The zero-order valence-corrected chi connectivity index (χ0v) is 11.1. The first-order chi connectivity index (χ1) is 7.61. The molecule has 0 saturated carbocycles. The molecule has 0 amide bonds. The van der Waals surface area contributed by atoms with Crippen LogP contribution in [0.4, 0.5) is 5.69 Å². The van der Waals surface area contributed by atoms with Crippen LogP contribution in [-0.2, 0) is 0 Å². The van der Waals surface area contributed by atoms with Crippen LogP contribution in [0.1, 0.15) is 20.8 Å². The topological polar surface area (TPSA) is 43.1 Å². The van der Waals surface area contributed by atoms with Crippen molar-refractivity contribution in [3.05, 3.63) is 50.1 Å². The number of nitrogen functional groups attached to an aromatic ring is 1. The number of ketones is 1. The SMILES string of the molecule is Cc1cccc(C(=O)c2sccc2Br)c1N. The van der Waals surface area contributed by atoms with E-state index < -0.39 is 0 Å². The van der Waals surface area contributed by atoms with Crippen LogP contribution < -0.4 is 5.73 Å². The predicted molar refractivity (Wildman–Crippen MR) is 71.0 cm³/mol. The van der Waals surface area contributed by atoms with Crippen LogP contribution in [0.2, 0.25) is 0 Å². The lowest BCUT2D eigenvalue weighted by Crippen LogP contribution is -2.05. The fourth-order valence-electron chi connectivity index (χ4n) is 1.46. The Kier molecular flexibility index (Phi) is 3.12. The third-order valence-electron chi connectivity index (χ3n) is 2.39. The molecule has 0 aliphatic rings. The summed E-state index contributed by atoms with van der Waals surface area (Å²) in [6.45, 7) is 1.90. The van der Waals surface area contributed by atoms with Gasteiger partial charge in [0.15, 0.2) is 0 Å². The molecule has 82 valence electrons. The van der Waals surface area contributed by atoms with E-state index in [1.54, 1.807) is 6.07 Å². The van der Waals surface area contributed by atoms with Gasteiger partial charge in [0.05, 0.1) is 4.88 Å². The molecule has 0 spiro atoms. The van der Waals surface area contributed by atoms with Gasteiger partial charge in [-0.2, -0.15) is 0 Å². The van der Waals surface area contributed by atoms with Gasteiger partial charge in [0.1, 0.15) is 0 Å². The van der Waals surface area contributed by atoms with Crippen LogP contribution in [0.3, 0.4) is 0 Å². The molecule has 1 heterocycles. The Balaban J connectivity index is 2.50. The van der Waals surface area contributed by atoms with Gasteiger partial charge < -0.3 is 5.73 Å². The van der Waals surface area contributed by atoms with Crippen molar-refractivity contribution in [1.29, 1.82) is 0 Å². The molecular formula is C12H10BrNOS. The highest BCUT2D eigenvalue weighted by atomic mass is 79.9. The summed E-state index contributed by atoms with van der Waals surface area (Å²) in [5.74, 6) is -0.0249. The number of thiophene rings is 1. The highest BCUT2D eigenvalue weighted by Crippen LogP contribution is 2.28. The van der Waals surface area contributed by atoms with Gasteiger partial charge in [-0.25, -0.2) is 0 Å². The molecule has 2 aromatic rings. The third kappa shape index (κ3) is 1.90. The van der Waals surface area contributed by atoms with Crippen LogP contribution >= 0.6 is 27.3 Å². The number of hydrogen-bond donors (Lipinski definition) is 1. The second kappa shape index (κ2) is 4.39. The summed E-state index contributed by atoms with van der Waals surface area (Å²) >= 11 is 4.77. The summed E-state index contributed by atoms with van der Waals surface area (Å²) in [6.07, 6.45) is 0. The summed E-state index contributed by atoms with van der Waals surface area (Å²) in [6, 6.07) is 7.37. The van der Waals surface area contributed by atoms with Gasteiger partial charge in [0.25, 0.3) is 0 Å². The number of carbonyl (C=O) groups excluding carboxylic acids is 1. The number of hydrogen-bond acceptors (Lipinski definition) is 3. The lowest BCUT2D eigenvalue weighted by molar-refractivity contribution is 0.104. The quantitative estimate of drug-likeness (QED) is 0.679.